The number of imidazole rings is 1. The number of nitrogens with zero attached hydrogens (tertiary/aromatic N) is 4. The fourth-order valence-corrected chi connectivity index (χ4v) is 2.51. The van der Waals surface area contributed by atoms with Crippen LogP contribution in [0.1, 0.15) is 16.8 Å². The van der Waals surface area contributed by atoms with Crippen LogP contribution in [0.25, 0.3) is 5.65 Å². The SMILES string of the molecule is Cc1ccc(C)c(N=Nc2c(CC(=O)O)nc3ccc(Cl)cn23)c1. The van der Waals surface area contributed by atoms with Crippen LogP contribution in [0.15, 0.2) is 46.8 Å². The molecular weight excluding hydrogens is 328 g/mol. The number of rotatable bonds is 4. The van der Waals surface area contributed by atoms with Crippen molar-refractivity contribution in [3.8, 4) is 0 Å². The Morgan fingerprint density at radius 1 is 1.25 bits per heavy atom. The lowest BCUT2D eigenvalue weighted by Gasteiger charge is -2.01. The lowest BCUT2D eigenvalue weighted by Crippen LogP contribution is -2.00. The minimum atomic E-state index is -0.979. The molecule has 122 valence electrons. The zero-order valence-electron chi connectivity index (χ0n) is 13.2. The predicted molar refractivity (Wildman–Crippen MR) is 91.6 cm³/mol. The molecule has 0 bridgehead atoms. The maximum Gasteiger partial charge on any atom is 0.309 e. The van der Waals surface area contributed by atoms with Gasteiger partial charge < -0.3 is 5.11 Å². The summed E-state index contributed by atoms with van der Waals surface area (Å²) in [6.45, 7) is 3.92. The average molecular weight is 343 g/mol. The van der Waals surface area contributed by atoms with Crippen molar-refractivity contribution in [2.75, 3.05) is 0 Å². The zero-order valence-corrected chi connectivity index (χ0v) is 13.9. The first-order valence-corrected chi connectivity index (χ1v) is 7.69. The van der Waals surface area contributed by atoms with Gasteiger partial charge in [-0.25, -0.2) is 4.98 Å². The van der Waals surface area contributed by atoms with Gasteiger partial charge in [-0.05, 0) is 43.2 Å². The molecule has 0 aliphatic carbocycles. The van der Waals surface area contributed by atoms with E-state index >= 15 is 0 Å². The maximum absolute atomic E-state index is 11.1. The summed E-state index contributed by atoms with van der Waals surface area (Å²) in [6.07, 6.45) is 1.41. The first-order chi connectivity index (χ1) is 11.4. The smallest absolute Gasteiger partial charge is 0.309 e. The fraction of sp³-hybridized carbons (Fsp3) is 0.176. The van der Waals surface area contributed by atoms with E-state index in [2.05, 4.69) is 15.2 Å². The monoisotopic (exact) mass is 342 g/mol. The van der Waals surface area contributed by atoms with E-state index in [4.69, 9.17) is 16.7 Å². The molecule has 6 nitrogen and oxygen atoms in total. The first-order valence-electron chi connectivity index (χ1n) is 7.31. The van der Waals surface area contributed by atoms with E-state index in [0.29, 0.717) is 22.2 Å². The van der Waals surface area contributed by atoms with E-state index in [-0.39, 0.29) is 6.42 Å². The quantitative estimate of drug-likeness (QED) is 0.701. The van der Waals surface area contributed by atoms with Crippen molar-refractivity contribution < 1.29 is 9.90 Å². The van der Waals surface area contributed by atoms with Gasteiger partial charge in [0.05, 0.1) is 22.8 Å². The Morgan fingerprint density at radius 2 is 2.04 bits per heavy atom. The van der Waals surface area contributed by atoms with Crippen LogP contribution in [-0.4, -0.2) is 20.5 Å². The largest absolute Gasteiger partial charge is 0.481 e. The lowest BCUT2D eigenvalue weighted by atomic mass is 10.1. The first kappa shape index (κ1) is 16.1. The van der Waals surface area contributed by atoms with Crippen LogP contribution >= 0.6 is 11.6 Å². The minimum absolute atomic E-state index is 0.236. The third-order valence-electron chi connectivity index (χ3n) is 3.56. The van der Waals surface area contributed by atoms with Gasteiger partial charge in [0, 0.05) is 6.20 Å². The molecule has 1 N–H and O–H groups in total. The summed E-state index contributed by atoms with van der Waals surface area (Å²) in [7, 11) is 0. The Labute approximate surface area is 143 Å². The molecule has 3 aromatic rings. The van der Waals surface area contributed by atoms with Crippen LogP contribution in [0, 0.1) is 13.8 Å². The second-order valence-corrected chi connectivity index (χ2v) is 5.95. The average Bonchev–Trinajstić information content (AvgIpc) is 2.84. The summed E-state index contributed by atoms with van der Waals surface area (Å²) in [6, 6.07) is 9.29. The number of azo groups is 1. The topological polar surface area (TPSA) is 79.3 Å². The Hall–Kier alpha value is -2.73. The van der Waals surface area contributed by atoms with Crippen LogP contribution in [0.3, 0.4) is 0 Å². The molecule has 24 heavy (non-hydrogen) atoms. The molecule has 0 unspecified atom stereocenters. The van der Waals surface area contributed by atoms with E-state index in [1.54, 1.807) is 22.7 Å². The number of hydrogen-bond acceptors (Lipinski definition) is 4. The predicted octanol–water partition coefficient (Wildman–Crippen LogP) is 4.65. The normalized spacial score (nSPS) is 11.5. The number of aryl methyl sites for hydroxylation is 2. The summed E-state index contributed by atoms with van der Waals surface area (Å²) < 4.78 is 1.65. The molecule has 3 rings (SSSR count). The number of carboxylic acids is 1. The lowest BCUT2D eigenvalue weighted by molar-refractivity contribution is -0.136. The number of hydrogen-bond donors (Lipinski definition) is 1. The highest BCUT2D eigenvalue weighted by molar-refractivity contribution is 6.30. The molecule has 0 amide bonds. The highest BCUT2D eigenvalue weighted by atomic mass is 35.5. The molecule has 2 heterocycles. The van der Waals surface area contributed by atoms with Gasteiger partial charge >= 0.3 is 5.97 Å². The summed E-state index contributed by atoms with van der Waals surface area (Å²) in [5.41, 5.74) is 3.70. The summed E-state index contributed by atoms with van der Waals surface area (Å²) >= 11 is 6.03. The van der Waals surface area contributed by atoms with Gasteiger partial charge in [0.25, 0.3) is 0 Å². The van der Waals surface area contributed by atoms with Crippen molar-refractivity contribution in [2.24, 2.45) is 10.2 Å². The molecule has 0 saturated heterocycles. The zero-order chi connectivity index (χ0) is 17.3. The molecule has 7 heteroatoms. The molecule has 2 aromatic heterocycles. The number of aromatic nitrogens is 2. The Balaban J connectivity index is 2.12. The third-order valence-corrected chi connectivity index (χ3v) is 3.79. The Bertz CT molecular complexity index is 963. The van der Waals surface area contributed by atoms with Crippen molar-refractivity contribution in [1.29, 1.82) is 0 Å². The highest BCUT2D eigenvalue weighted by Crippen LogP contribution is 2.27. The third kappa shape index (κ3) is 3.28. The van der Waals surface area contributed by atoms with E-state index in [0.717, 1.165) is 16.8 Å². The van der Waals surface area contributed by atoms with E-state index in [9.17, 15) is 4.79 Å². The summed E-state index contributed by atoms with van der Waals surface area (Å²) in [4.78, 5) is 15.4. The highest BCUT2D eigenvalue weighted by Gasteiger charge is 2.15. The van der Waals surface area contributed by atoms with Gasteiger partial charge in [-0.1, -0.05) is 23.7 Å². The van der Waals surface area contributed by atoms with Gasteiger partial charge in [-0.3, -0.25) is 9.20 Å². The molecule has 0 radical (unpaired) electrons. The molecule has 0 aliphatic rings. The van der Waals surface area contributed by atoms with Gasteiger partial charge in [0.15, 0.2) is 5.82 Å². The maximum atomic E-state index is 11.1. The van der Waals surface area contributed by atoms with Crippen LogP contribution in [0.4, 0.5) is 11.5 Å². The van der Waals surface area contributed by atoms with Gasteiger partial charge in [-0.15, -0.1) is 10.2 Å². The van der Waals surface area contributed by atoms with Crippen LogP contribution in [0.5, 0.6) is 0 Å². The number of carbonyl (C=O) groups is 1. The van der Waals surface area contributed by atoms with Crippen LogP contribution in [-0.2, 0) is 11.2 Å². The van der Waals surface area contributed by atoms with Crippen molar-refractivity contribution in [1.82, 2.24) is 9.38 Å². The molecule has 0 aliphatic heterocycles. The fourth-order valence-electron chi connectivity index (χ4n) is 2.35. The number of pyridine rings is 1. The standard InChI is InChI=1S/C17H15ClN4O2/c1-10-3-4-11(2)13(7-10)20-21-17-14(8-16(23)24)19-15-6-5-12(18)9-22(15)17/h3-7,9H,8H2,1-2H3,(H,23,24). The number of fused-ring (bicyclic) bond motifs is 1. The molecule has 0 fully saturated rings. The van der Waals surface area contributed by atoms with Crippen molar-refractivity contribution >= 4 is 34.7 Å². The van der Waals surface area contributed by atoms with Crippen LogP contribution in [0.2, 0.25) is 5.02 Å². The summed E-state index contributed by atoms with van der Waals surface area (Å²) in [5.74, 6) is -0.608. The summed E-state index contributed by atoms with van der Waals surface area (Å²) in [5, 5.41) is 18.1. The van der Waals surface area contributed by atoms with Gasteiger partial charge in [0.2, 0.25) is 0 Å². The number of halogens is 1. The minimum Gasteiger partial charge on any atom is -0.481 e. The molecule has 0 saturated carbocycles. The van der Waals surface area contributed by atoms with Crippen molar-refractivity contribution in [2.45, 2.75) is 20.3 Å². The van der Waals surface area contributed by atoms with Crippen molar-refractivity contribution in [3.63, 3.8) is 0 Å². The van der Waals surface area contributed by atoms with E-state index in [1.807, 2.05) is 32.0 Å². The molecule has 0 spiro atoms. The van der Waals surface area contributed by atoms with Crippen LogP contribution < -0.4 is 0 Å². The number of carboxylic acid groups (broad SMARTS) is 1. The number of aliphatic carboxylic acids is 1. The van der Waals surface area contributed by atoms with E-state index in [1.165, 1.54) is 0 Å². The molecule has 0 atom stereocenters. The number of benzene rings is 1. The molecular formula is C17H15ClN4O2. The van der Waals surface area contributed by atoms with Gasteiger partial charge in [-0.2, -0.15) is 0 Å². The molecule has 1 aromatic carbocycles. The van der Waals surface area contributed by atoms with Gasteiger partial charge in [0.1, 0.15) is 5.65 Å². The Morgan fingerprint density at radius 3 is 2.79 bits per heavy atom. The Kier molecular flexibility index (Phi) is 4.31. The second kappa shape index (κ2) is 6.41. The van der Waals surface area contributed by atoms with E-state index < -0.39 is 5.97 Å². The van der Waals surface area contributed by atoms with Crippen molar-refractivity contribution in [3.05, 3.63) is 58.4 Å². The second-order valence-electron chi connectivity index (χ2n) is 5.52.